The Balaban J connectivity index is 1.31. The third-order valence-electron chi connectivity index (χ3n) is 7.55. The van der Waals surface area contributed by atoms with Gasteiger partial charge in [-0.15, -0.1) is 0 Å². The van der Waals surface area contributed by atoms with Crippen molar-refractivity contribution >= 4 is 11.7 Å². The van der Waals surface area contributed by atoms with Crippen LogP contribution in [0.15, 0.2) is 30.6 Å². The average molecular weight is 479 g/mol. The first-order chi connectivity index (χ1) is 16.7. The summed E-state index contributed by atoms with van der Waals surface area (Å²) < 4.78 is 21.6. The van der Waals surface area contributed by atoms with Gasteiger partial charge in [0.05, 0.1) is 31.0 Å². The van der Waals surface area contributed by atoms with Crippen molar-refractivity contribution in [2.45, 2.75) is 45.6 Å². The van der Waals surface area contributed by atoms with Crippen molar-refractivity contribution in [1.29, 1.82) is 0 Å². The molecule has 1 saturated heterocycles. The quantitative estimate of drug-likeness (QED) is 0.579. The molecule has 4 heterocycles. The van der Waals surface area contributed by atoms with Crippen molar-refractivity contribution < 1.29 is 13.9 Å². The average Bonchev–Trinajstić information content (AvgIpc) is 3.43. The lowest BCUT2D eigenvalue weighted by Crippen LogP contribution is -2.34. The van der Waals surface area contributed by atoms with E-state index in [9.17, 15) is 9.18 Å². The fourth-order valence-electron chi connectivity index (χ4n) is 5.07. The van der Waals surface area contributed by atoms with Crippen molar-refractivity contribution in [2.75, 3.05) is 25.5 Å². The minimum Gasteiger partial charge on any atom is -0.481 e. The minimum absolute atomic E-state index is 0.0518. The Morgan fingerprint density at radius 3 is 2.69 bits per heavy atom. The number of carbonyl (C=O) groups is 1. The molecule has 1 N–H and O–H groups in total. The fraction of sp³-hybridized carbons (Fsp3) is 0.462. The number of methoxy groups -OCH3 is 1. The molecule has 0 aromatic carbocycles. The van der Waals surface area contributed by atoms with Crippen molar-refractivity contribution in [3.8, 4) is 17.1 Å². The SMILES string of the molecule is COc1cc([C@@H](C)C(=O)N2C[C@@H](Nc3ccc(-c4cn(C)c(C)n4)c(C)n3)C3(CC3)C2)c(F)cn1. The maximum absolute atomic E-state index is 14.4. The number of halogens is 1. The highest BCUT2D eigenvalue weighted by atomic mass is 19.1. The predicted octanol–water partition coefficient (Wildman–Crippen LogP) is 3.85. The first-order valence-corrected chi connectivity index (χ1v) is 11.9. The van der Waals surface area contributed by atoms with E-state index in [1.54, 1.807) is 6.92 Å². The van der Waals surface area contributed by atoms with Gasteiger partial charge in [-0.3, -0.25) is 4.79 Å². The van der Waals surface area contributed by atoms with E-state index >= 15 is 0 Å². The predicted molar refractivity (Wildman–Crippen MR) is 131 cm³/mol. The highest BCUT2D eigenvalue weighted by Gasteiger charge is 2.56. The number of aryl methyl sites for hydroxylation is 3. The van der Waals surface area contributed by atoms with Crippen LogP contribution in [0.25, 0.3) is 11.3 Å². The number of imidazole rings is 1. The van der Waals surface area contributed by atoms with Crippen LogP contribution < -0.4 is 10.1 Å². The van der Waals surface area contributed by atoms with Crippen LogP contribution in [0, 0.1) is 25.1 Å². The van der Waals surface area contributed by atoms with Gasteiger partial charge in [0, 0.05) is 54.6 Å². The summed E-state index contributed by atoms with van der Waals surface area (Å²) in [5, 5.41) is 3.59. The summed E-state index contributed by atoms with van der Waals surface area (Å²) >= 11 is 0. The van der Waals surface area contributed by atoms with Gasteiger partial charge in [0.1, 0.15) is 17.5 Å². The van der Waals surface area contributed by atoms with Gasteiger partial charge in [0.25, 0.3) is 0 Å². The summed E-state index contributed by atoms with van der Waals surface area (Å²) in [6.07, 6.45) is 5.24. The standard InChI is InChI=1S/C26H31FN6O2/c1-15(19-10-24(35-5)28-11-20(19)27)25(34)33-13-22(26(14-33)8-9-26)31-23-7-6-18(16(2)29-23)21-12-32(4)17(3)30-21/h6-7,10-12,15,22H,8-9,13-14H2,1-5H3,(H,29,31)/t15-,22-/m1/s1. The smallest absolute Gasteiger partial charge is 0.230 e. The lowest BCUT2D eigenvalue weighted by molar-refractivity contribution is -0.131. The third kappa shape index (κ3) is 4.24. The van der Waals surface area contributed by atoms with Gasteiger partial charge < -0.3 is 19.5 Å². The summed E-state index contributed by atoms with van der Waals surface area (Å²) in [4.78, 5) is 28.5. The van der Waals surface area contributed by atoms with Gasteiger partial charge in [-0.1, -0.05) is 0 Å². The second-order valence-corrected chi connectivity index (χ2v) is 9.86. The molecule has 3 aromatic heterocycles. The largest absolute Gasteiger partial charge is 0.481 e. The Morgan fingerprint density at radius 1 is 1.29 bits per heavy atom. The first kappa shape index (κ1) is 23.3. The topological polar surface area (TPSA) is 85.2 Å². The number of aromatic nitrogens is 4. The highest BCUT2D eigenvalue weighted by molar-refractivity contribution is 5.84. The summed E-state index contributed by atoms with van der Waals surface area (Å²) in [5.74, 6) is 0.839. The normalized spacial score (nSPS) is 19.1. The molecule has 0 unspecified atom stereocenters. The molecule has 0 radical (unpaired) electrons. The van der Waals surface area contributed by atoms with Crippen molar-refractivity contribution in [2.24, 2.45) is 12.5 Å². The minimum atomic E-state index is -0.622. The molecule has 8 nitrogen and oxygen atoms in total. The zero-order valence-corrected chi connectivity index (χ0v) is 20.8. The number of hydrogen-bond acceptors (Lipinski definition) is 6. The summed E-state index contributed by atoms with van der Waals surface area (Å²) in [6, 6.07) is 5.64. The molecule has 35 heavy (non-hydrogen) atoms. The van der Waals surface area contributed by atoms with Crippen molar-refractivity contribution in [3.05, 3.63) is 53.5 Å². The molecule has 1 aliphatic heterocycles. The highest BCUT2D eigenvalue weighted by Crippen LogP contribution is 2.54. The Hall–Kier alpha value is -3.49. The summed E-state index contributed by atoms with van der Waals surface area (Å²) in [6.45, 7) is 6.94. The zero-order valence-electron chi connectivity index (χ0n) is 20.8. The van der Waals surface area contributed by atoms with Gasteiger partial charge >= 0.3 is 0 Å². The molecular weight excluding hydrogens is 447 g/mol. The number of carbonyl (C=O) groups excluding carboxylic acids is 1. The molecule has 1 aliphatic carbocycles. The van der Waals surface area contributed by atoms with E-state index in [0.29, 0.717) is 24.5 Å². The maximum Gasteiger partial charge on any atom is 0.230 e. The first-order valence-electron chi connectivity index (χ1n) is 11.9. The number of amides is 1. The van der Waals surface area contributed by atoms with E-state index in [0.717, 1.165) is 47.6 Å². The number of hydrogen-bond donors (Lipinski definition) is 1. The van der Waals surface area contributed by atoms with Gasteiger partial charge in [0.2, 0.25) is 11.8 Å². The molecule has 1 saturated carbocycles. The molecule has 9 heteroatoms. The fourth-order valence-corrected chi connectivity index (χ4v) is 5.07. The van der Waals surface area contributed by atoms with Crippen molar-refractivity contribution in [1.82, 2.24) is 24.4 Å². The van der Waals surface area contributed by atoms with E-state index in [1.807, 2.05) is 48.7 Å². The van der Waals surface area contributed by atoms with E-state index in [4.69, 9.17) is 9.72 Å². The van der Waals surface area contributed by atoms with Crippen LogP contribution in [0.4, 0.5) is 10.2 Å². The monoisotopic (exact) mass is 478 g/mol. The molecule has 5 rings (SSSR count). The molecule has 2 aliphatic rings. The molecule has 1 amide bonds. The van der Waals surface area contributed by atoms with Crippen LogP contribution in [0.5, 0.6) is 5.88 Å². The Morgan fingerprint density at radius 2 is 2.06 bits per heavy atom. The molecule has 184 valence electrons. The molecule has 0 bridgehead atoms. The second-order valence-electron chi connectivity index (χ2n) is 9.86. The summed E-state index contributed by atoms with van der Waals surface area (Å²) in [5.41, 5.74) is 3.18. The molecule has 3 aromatic rings. The summed E-state index contributed by atoms with van der Waals surface area (Å²) in [7, 11) is 3.46. The Bertz CT molecular complexity index is 1270. The number of pyridine rings is 2. The maximum atomic E-state index is 14.4. The Labute approximate surface area is 204 Å². The number of rotatable bonds is 6. The molecule has 2 atom stereocenters. The number of nitrogens with zero attached hydrogens (tertiary/aromatic N) is 5. The molecule has 1 spiro atoms. The van der Waals surface area contributed by atoms with Crippen LogP contribution in [-0.4, -0.2) is 56.6 Å². The van der Waals surface area contributed by atoms with Crippen LogP contribution in [0.1, 0.15) is 42.8 Å². The van der Waals surface area contributed by atoms with Gasteiger partial charge in [-0.05, 0) is 45.7 Å². The third-order valence-corrected chi connectivity index (χ3v) is 7.55. The van der Waals surface area contributed by atoms with E-state index in [-0.39, 0.29) is 17.4 Å². The van der Waals surface area contributed by atoms with Gasteiger partial charge in [0.15, 0.2) is 0 Å². The van der Waals surface area contributed by atoms with Crippen LogP contribution >= 0.6 is 0 Å². The van der Waals surface area contributed by atoms with E-state index in [2.05, 4.69) is 15.3 Å². The van der Waals surface area contributed by atoms with Crippen LogP contribution in [0.3, 0.4) is 0 Å². The number of nitrogens with one attached hydrogen (secondary N) is 1. The van der Waals surface area contributed by atoms with Crippen LogP contribution in [-0.2, 0) is 11.8 Å². The lowest BCUT2D eigenvalue weighted by atomic mass is 10.00. The Kier molecular flexibility index (Phi) is 5.73. The number of likely N-dealkylation sites (tertiary alicyclic amines) is 1. The number of anilines is 1. The number of ether oxygens (including phenoxy) is 1. The molecular formula is C26H31FN6O2. The second kappa shape index (κ2) is 8.62. The van der Waals surface area contributed by atoms with Crippen molar-refractivity contribution in [3.63, 3.8) is 0 Å². The van der Waals surface area contributed by atoms with E-state index in [1.165, 1.54) is 13.2 Å². The van der Waals surface area contributed by atoms with E-state index < -0.39 is 11.7 Å². The van der Waals surface area contributed by atoms with Gasteiger partial charge in [-0.25, -0.2) is 19.3 Å². The molecule has 2 fully saturated rings. The van der Waals surface area contributed by atoms with Crippen LogP contribution in [0.2, 0.25) is 0 Å². The lowest BCUT2D eigenvalue weighted by Gasteiger charge is -2.22. The zero-order chi connectivity index (χ0) is 24.9. The van der Waals surface area contributed by atoms with Gasteiger partial charge in [-0.2, -0.15) is 0 Å².